The van der Waals surface area contributed by atoms with Gasteiger partial charge in [-0.2, -0.15) is 0 Å². The Morgan fingerprint density at radius 2 is 1.48 bits per heavy atom. The zero-order valence-corrected chi connectivity index (χ0v) is 16.1. The number of carbonyl (C=O) groups is 2. The lowest BCUT2D eigenvalue weighted by molar-refractivity contribution is -0.132. The number of hydrogen-bond donors (Lipinski definition) is 0. The van der Waals surface area contributed by atoms with E-state index in [1.54, 1.807) is 12.1 Å². The van der Waals surface area contributed by atoms with Crippen molar-refractivity contribution in [1.82, 2.24) is 0 Å². The fraction of sp³-hybridized carbons (Fsp3) is 0.120. The van der Waals surface area contributed by atoms with E-state index in [0.717, 1.165) is 34.2 Å². The summed E-state index contributed by atoms with van der Waals surface area (Å²) in [7, 11) is 0. The first kappa shape index (κ1) is 18.5. The van der Waals surface area contributed by atoms with E-state index in [9.17, 15) is 9.59 Å². The van der Waals surface area contributed by atoms with Gasteiger partial charge in [-0.05, 0) is 64.7 Å². The van der Waals surface area contributed by atoms with Crippen LogP contribution in [0, 0.1) is 11.8 Å². The predicted octanol–water partition coefficient (Wildman–Crippen LogP) is 4.51. The lowest BCUT2D eigenvalue weighted by atomic mass is 10.0. The van der Waals surface area contributed by atoms with Crippen LogP contribution in [0.25, 0.3) is 11.1 Å². The summed E-state index contributed by atoms with van der Waals surface area (Å²) in [6, 6.07) is 18.9. The second kappa shape index (κ2) is 7.65. The van der Waals surface area contributed by atoms with E-state index < -0.39 is 0 Å². The minimum atomic E-state index is -0.347. The van der Waals surface area contributed by atoms with Crippen LogP contribution in [-0.2, 0) is 16.0 Å². The van der Waals surface area contributed by atoms with Crippen molar-refractivity contribution >= 4 is 11.9 Å². The van der Waals surface area contributed by atoms with Gasteiger partial charge < -0.3 is 9.47 Å². The molecule has 0 bridgehead atoms. The quantitative estimate of drug-likeness (QED) is 0.291. The molecule has 1 aliphatic carbocycles. The Morgan fingerprint density at radius 1 is 0.793 bits per heavy atom. The standard InChI is InChI=1S/C25H18O4/c1-16(26)28-21-10-7-18(8-11-21)6-9-19-4-3-5-24-23-13-12-22(29-17(2)27)14-20(23)15-25(19)24/h3-5,7-8,10-14H,15H2,1-2H3. The van der Waals surface area contributed by atoms with Crippen LogP contribution >= 0.6 is 0 Å². The lowest BCUT2D eigenvalue weighted by Crippen LogP contribution is -2.01. The van der Waals surface area contributed by atoms with Gasteiger partial charge in [-0.3, -0.25) is 9.59 Å². The highest BCUT2D eigenvalue weighted by molar-refractivity contribution is 5.80. The summed E-state index contributed by atoms with van der Waals surface area (Å²) >= 11 is 0. The maximum Gasteiger partial charge on any atom is 0.308 e. The molecule has 0 aromatic heterocycles. The number of rotatable bonds is 2. The van der Waals surface area contributed by atoms with Crippen molar-refractivity contribution in [3.63, 3.8) is 0 Å². The van der Waals surface area contributed by atoms with E-state index in [1.807, 2.05) is 42.5 Å². The number of esters is 2. The Hall–Kier alpha value is -3.84. The first-order valence-electron chi connectivity index (χ1n) is 9.24. The monoisotopic (exact) mass is 382 g/mol. The molecule has 0 radical (unpaired) electrons. The van der Waals surface area contributed by atoms with Gasteiger partial charge in [-0.1, -0.05) is 30.0 Å². The molecular weight excluding hydrogens is 364 g/mol. The van der Waals surface area contributed by atoms with Crippen molar-refractivity contribution in [1.29, 1.82) is 0 Å². The molecule has 4 heteroatoms. The summed E-state index contributed by atoms with van der Waals surface area (Å²) in [4.78, 5) is 22.2. The molecule has 29 heavy (non-hydrogen) atoms. The van der Waals surface area contributed by atoms with Crippen LogP contribution in [-0.4, -0.2) is 11.9 Å². The number of fused-ring (bicyclic) bond motifs is 3. The Kier molecular flexibility index (Phi) is 4.88. The molecule has 0 fully saturated rings. The number of hydrogen-bond acceptors (Lipinski definition) is 4. The molecule has 4 nitrogen and oxygen atoms in total. The number of carbonyl (C=O) groups excluding carboxylic acids is 2. The third kappa shape index (κ3) is 4.04. The minimum Gasteiger partial charge on any atom is -0.427 e. The molecule has 0 atom stereocenters. The van der Waals surface area contributed by atoms with E-state index in [-0.39, 0.29) is 11.9 Å². The van der Waals surface area contributed by atoms with Crippen LogP contribution < -0.4 is 9.47 Å². The van der Waals surface area contributed by atoms with Crippen molar-refractivity contribution < 1.29 is 19.1 Å². The summed E-state index contributed by atoms with van der Waals surface area (Å²) in [5.74, 6) is 6.82. The maximum atomic E-state index is 11.2. The Labute approximate surface area is 169 Å². The molecule has 0 saturated carbocycles. The molecule has 0 amide bonds. The molecule has 1 aliphatic rings. The average molecular weight is 382 g/mol. The highest BCUT2D eigenvalue weighted by Gasteiger charge is 2.21. The van der Waals surface area contributed by atoms with E-state index in [0.29, 0.717) is 11.5 Å². The zero-order valence-electron chi connectivity index (χ0n) is 16.1. The SMILES string of the molecule is CC(=O)Oc1ccc(C#Cc2cccc3c2Cc2cc(OC(C)=O)ccc2-3)cc1. The summed E-state index contributed by atoms with van der Waals surface area (Å²) < 4.78 is 10.3. The fourth-order valence-corrected chi connectivity index (χ4v) is 3.46. The van der Waals surface area contributed by atoms with Crippen LogP contribution in [0.5, 0.6) is 11.5 Å². The van der Waals surface area contributed by atoms with Crippen LogP contribution in [0.2, 0.25) is 0 Å². The summed E-state index contributed by atoms with van der Waals surface area (Å²) in [6.45, 7) is 2.77. The first-order chi connectivity index (χ1) is 14.0. The normalized spacial score (nSPS) is 11.0. The van der Waals surface area contributed by atoms with Crippen molar-refractivity contribution in [3.05, 3.63) is 82.9 Å². The van der Waals surface area contributed by atoms with Gasteiger partial charge in [0, 0.05) is 31.4 Å². The van der Waals surface area contributed by atoms with E-state index in [1.165, 1.54) is 19.4 Å². The van der Waals surface area contributed by atoms with Crippen molar-refractivity contribution in [2.75, 3.05) is 0 Å². The molecule has 0 spiro atoms. The second-order valence-electron chi connectivity index (χ2n) is 6.79. The van der Waals surface area contributed by atoms with Gasteiger partial charge in [0.15, 0.2) is 0 Å². The molecule has 3 aromatic rings. The van der Waals surface area contributed by atoms with E-state index >= 15 is 0 Å². The predicted molar refractivity (Wildman–Crippen MR) is 110 cm³/mol. The molecule has 4 rings (SSSR count). The molecule has 0 heterocycles. The Morgan fingerprint density at radius 3 is 2.21 bits per heavy atom. The van der Waals surface area contributed by atoms with Gasteiger partial charge in [-0.15, -0.1) is 0 Å². The number of benzene rings is 3. The van der Waals surface area contributed by atoms with Gasteiger partial charge in [0.1, 0.15) is 11.5 Å². The van der Waals surface area contributed by atoms with Gasteiger partial charge in [0.05, 0.1) is 0 Å². The molecule has 0 aliphatic heterocycles. The molecule has 0 saturated heterocycles. The van der Waals surface area contributed by atoms with Crippen LogP contribution in [0.4, 0.5) is 0 Å². The van der Waals surface area contributed by atoms with Gasteiger partial charge in [0.25, 0.3) is 0 Å². The average Bonchev–Trinajstić information content (AvgIpc) is 3.05. The Bertz CT molecular complexity index is 1180. The van der Waals surface area contributed by atoms with Crippen LogP contribution in [0.3, 0.4) is 0 Å². The smallest absolute Gasteiger partial charge is 0.308 e. The zero-order chi connectivity index (χ0) is 20.4. The summed E-state index contributed by atoms with van der Waals surface area (Å²) in [6.07, 6.45) is 0.746. The van der Waals surface area contributed by atoms with Gasteiger partial charge in [-0.25, -0.2) is 0 Å². The molecule has 142 valence electrons. The summed E-state index contributed by atoms with van der Waals surface area (Å²) in [5.41, 5.74) is 6.41. The van der Waals surface area contributed by atoms with Crippen molar-refractivity contribution in [3.8, 4) is 34.5 Å². The van der Waals surface area contributed by atoms with Crippen LogP contribution in [0.15, 0.2) is 60.7 Å². The fourth-order valence-electron chi connectivity index (χ4n) is 3.46. The minimum absolute atomic E-state index is 0.327. The van der Waals surface area contributed by atoms with E-state index in [4.69, 9.17) is 9.47 Å². The van der Waals surface area contributed by atoms with Gasteiger partial charge in [0.2, 0.25) is 0 Å². The largest absolute Gasteiger partial charge is 0.427 e. The van der Waals surface area contributed by atoms with Crippen LogP contribution in [0.1, 0.15) is 36.1 Å². The third-order valence-corrected chi connectivity index (χ3v) is 4.63. The highest BCUT2D eigenvalue weighted by atomic mass is 16.5. The molecular formula is C25H18O4. The van der Waals surface area contributed by atoms with Crippen molar-refractivity contribution in [2.24, 2.45) is 0 Å². The van der Waals surface area contributed by atoms with E-state index in [2.05, 4.69) is 17.9 Å². The molecule has 0 unspecified atom stereocenters. The first-order valence-corrected chi connectivity index (χ1v) is 9.24. The third-order valence-electron chi connectivity index (χ3n) is 4.63. The molecule has 0 N–H and O–H groups in total. The summed E-state index contributed by atoms with van der Waals surface area (Å²) in [5, 5.41) is 0. The van der Waals surface area contributed by atoms with Crippen molar-refractivity contribution in [2.45, 2.75) is 20.3 Å². The Balaban J connectivity index is 1.61. The number of ether oxygens (including phenoxy) is 2. The maximum absolute atomic E-state index is 11.2. The molecule has 3 aromatic carbocycles. The lowest BCUT2D eigenvalue weighted by Gasteiger charge is -2.04. The highest BCUT2D eigenvalue weighted by Crippen LogP contribution is 2.39. The second-order valence-corrected chi connectivity index (χ2v) is 6.79. The van der Waals surface area contributed by atoms with Gasteiger partial charge >= 0.3 is 11.9 Å². The topological polar surface area (TPSA) is 52.6 Å².